The minimum absolute atomic E-state index is 0.329. The number of benzene rings is 3. The molecule has 26 heavy (non-hydrogen) atoms. The summed E-state index contributed by atoms with van der Waals surface area (Å²) in [6, 6.07) is 22.4. The average Bonchev–Trinajstić information content (AvgIpc) is 3.20. The molecule has 2 atom stereocenters. The topological polar surface area (TPSA) is 52.6 Å². The second-order valence-corrected chi connectivity index (χ2v) is 6.37. The van der Waals surface area contributed by atoms with Gasteiger partial charge in [-0.05, 0) is 12.1 Å². The third-order valence-electron chi connectivity index (χ3n) is 4.94. The predicted molar refractivity (Wildman–Crippen MR) is 93.8 cm³/mol. The Morgan fingerprint density at radius 3 is 1.27 bits per heavy atom. The van der Waals surface area contributed by atoms with E-state index in [1.165, 1.54) is 0 Å². The Hall–Kier alpha value is -3.40. The monoisotopic (exact) mass is 342 g/mol. The van der Waals surface area contributed by atoms with Crippen molar-refractivity contribution in [1.29, 1.82) is 0 Å². The number of hydrogen-bond acceptors (Lipinski definition) is 4. The summed E-state index contributed by atoms with van der Waals surface area (Å²) < 4.78 is 11.3. The minimum atomic E-state index is -0.499. The fraction of sp³-hybridized carbons (Fsp3) is 0.0909. The van der Waals surface area contributed by atoms with Crippen LogP contribution in [0.5, 0.6) is 0 Å². The first-order valence-corrected chi connectivity index (χ1v) is 8.42. The fourth-order valence-corrected chi connectivity index (χ4v) is 3.74. The number of esters is 2. The molecule has 3 aromatic rings. The summed E-state index contributed by atoms with van der Waals surface area (Å²) in [6.45, 7) is 0. The van der Waals surface area contributed by atoms with Gasteiger partial charge in [0.25, 0.3) is 0 Å². The highest BCUT2D eigenvalue weighted by molar-refractivity contribution is 5.95. The van der Waals surface area contributed by atoms with Gasteiger partial charge in [-0.1, -0.05) is 60.7 Å². The van der Waals surface area contributed by atoms with Gasteiger partial charge < -0.3 is 9.47 Å². The van der Waals surface area contributed by atoms with Crippen LogP contribution in [0.15, 0.2) is 72.8 Å². The summed E-state index contributed by atoms with van der Waals surface area (Å²) in [5, 5.41) is 0. The van der Waals surface area contributed by atoms with E-state index in [9.17, 15) is 9.59 Å². The quantitative estimate of drug-likeness (QED) is 0.655. The van der Waals surface area contributed by atoms with Gasteiger partial charge in [-0.15, -0.1) is 0 Å². The number of rotatable bonds is 2. The molecule has 0 radical (unpaired) electrons. The van der Waals surface area contributed by atoms with Crippen LogP contribution in [0.25, 0.3) is 0 Å². The molecule has 126 valence electrons. The van der Waals surface area contributed by atoms with Crippen molar-refractivity contribution in [2.24, 2.45) is 0 Å². The largest absolute Gasteiger partial charge is 0.449 e. The summed E-state index contributed by atoms with van der Waals surface area (Å²) in [5.74, 6) is -0.659. The van der Waals surface area contributed by atoms with Gasteiger partial charge in [0, 0.05) is 22.3 Å². The van der Waals surface area contributed by atoms with E-state index in [0.29, 0.717) is 11.1 Å². The summed E-state index contributed by atoms with van der Waals surface area (Å²) in [6.07, 6.45) is -0.997. The molecule has 0 saturated carbocycles. The van der Waals surface area contributed by atoms with Crippen LogP contribution in [-0.4, -0.2) is 11.9 Å². The van der Waals surface area contributed by atoms with Gasteiger partial charge in [-0.25, -0.2) is 9.59 Å². The third kappa shape index (κ3) is 2.09. The van der Waals surface area contributed by atoms with E-state index in [1.54, 1.807) is 12.1 Å². The van der Waals surface area contributed by atoms with Gasteiger partial charge in [0.05, 0.1) is 11.1 Å². The fourth-order valence-electron chi connectivity index (χ4n) is 3.74. The van der Waals surface area contributed by atoms with Crippen LogP contribution < -0.4 is 0 Å². The van der Waals surface area contributed by atoms with Crippen molar-refractivity contribution in [3.63, 3.8) is 0 Å². The first-order valence-electron chi connectivity index (χ1n) is 8.42. The Kier molecular flexibility index (Phi) is 3.19. The maximum Gasteiger partial charge on any atom is 0.339 e. The van der Waals surface area contributed by atoms with Crippen molar-refractivity contribution >= 4 is 11.9 Å². The minimum Gasteiger partial charge on any atom is -0.449 e. The molecule has 2 heterocycles. The molecule has 0 fully saturated rings. The number of ether oxygens (including phenoxy) is 2. The van der Waals surface area contributed by atoms with Gasteiger partial charge in [0.2, 0.25) is 0 Å². The molecular formula is C22H14O4. The van der Waals surface area contributed by atoms with Gasteiger partial charge in [0.1, 0.15) is 0 Å². The van der Waals surface area contributed by atoms with Crippen LogP contribution in [0.3, 0.4) is 0 Å². The van der Waals surface area contributed by atoms with Crippen LogP contribution in [-0.2, 0) is 9.47 Å². The van der Waals surface area contributed by atoms with Gasteiger partial charge in [-0.2, -0.15) is 0 Å². The molecule has 5 rings (SSSR count). The van der Waals surface area contributed by atoms with E-state index in [4.69, 9.17) is 9.47 Å². The van der Waals surface area contributed by atoms with Crippen molar-refractivity contribution in [2.75, 3.05) is 0 Å². The maximum atomic E-state index is 12.2. The highest BCUT2D eigenvalue weighted by atomic mass is 16.6. The summed E-state index contributed by atoms with van der Waals surface area (Å²) in [7, 11) is 0. The average molecular weight is 342 g/mol. The van der Waals surface area contributed by atoms with Crippen molar-refractivity contribution in [2.45, 2.75) is 12.2 Å². The van der Waals surface area contributed by atoms with Crippen LogP contribution in [0.1, 0.15) is 55.2 Å². The second-order valence-electron chi connectivity index (χ2n) is 6.37. The van der Waals surface area contributed by atoms with Gasteiger partial charge in [0.15, 0.2) is 12.2 Å². The maximum absolute atomic E-state index is 12.2. The Labute approximate surface area is 150 Å². The molecule has 0 bridgehead atoms. The standard InChI is InChI=1S/C22H14O4/c23-21-17-11-5-3-9-15(17)19(25-21)13-7-1-2-8-14(13)20-16-10-4-6-12-18(16)22(24)26-20/h1-12,19-20H. The van der Waals surface area contributed by atoms with E-state index in [0.717, 1.165) is 22.3 Å². The Morgan fingerprint density at radius 2 is 0.846 bits per heavy atom. The number of cyclic esters (lactones) is 2. The van der Waals surface area contributed by atoms with Gasteiger partial charge >= 0.3 is 11.9 Å². The van der Waals surface area contributed by atoms with E-state index >= 15 is 0 Å². The lowest BCUT2D eigenvalue weighted by Gasteiger charge is -2.20. The Bertz CT molecular complexity index is 969. The molecule has 2 aliphatic heterocycles. The van der Waals surface area contributed by atoms with Gasteiger partial charge in [-0.3, -0.25) is 0 Å². The van der Waals surface area contributed by atoms with E-state index in [-0.39, 0.29) is 11.9 Å². The van der Waals surface area contributed by atoms with E-state index in [2.05, 4.69) is 0 Å². The van der Waals surface area contributed by atoms with E-state index < -0.39 is 12.2 Å². The summed E-state index contributed by atoms with van der Waals surface area (Å²) >= 11 is 0. The molecular weight excluding hydrogens is 328 g/mol. The lowest BCUT2D eigenvalue weighted by Crippen LogP contribution is -2.09. The molecule has 4 nitrogen and oxygen atoms in total. The molecule has 0 aliphatic carbocycles. The third-order valence-corrected chi connectivity index (χ3v) is 4.94. The molecule has 0 spiro atoms. The first kappa shape index (κ1) is 14.9. The zero-order valence-corrected chi connectivity index (χ0v) is 13.7. The van der Waals surface area contributed by atoms with Crippen molar-refractivity contribution in [3.8, 4) is 0 Å². The lowest BCUT2D eigenvalue weighted by molar-refractivity contribution is 0.0409. The molecule has 4 heteroatoms. The molecule has 3 aromatic carbocycles. The molecule has 0 amide bonds. The molecule has 0 aromatic heterocycles. The smallest absolute Gasteiger partial charge is 0.339 e. The highest BCUT2D eigenvalue weighted by Gasteiger charge is 2.38. The van der Waals surface area contributed by atoms with Crippen LogP contribution >= 0.6 is 0 Å². The van der Waals surface area contributed by atoms with Crippen LogP contribution in [0.4, 0.5) is 0 Å². The predicted octanol–water partition coefficient (Wildman–Crippen LogP) is 4.21. The number of fused-ring (bicyclic) bond motifs is 2. The molecule has 0 N–H and O–H groups in total. The zero-order valence-electron chi connectivity index (χ0n) is 13.7. The second kappa shape index (κ2) is 5.56. The molecule has 0 saturated heterocycles. The number of hydrogen-bond donors (Lipinski definition) is 0. The van der Waals surface area contributed by atoms with E-state index in [1.807, 2.05) is 60.7 Å². The van der Waals surface area contributed by atoms with Crippen molar-refractivity contribution in [1.82, 2.24) is 0 Å². The van der Waals surface area contributed by atoms with Crippen LogP contribution in [0.2, 0.25) is 0 Å². The number of carbonyl (C=O) groups is 2. The number of carbonyl (C=O) groups excluding carboxylic acids is 2. The lowest BCUT2D eigenvalue weighted by atomic mass is 9.90. The van der Waals surface area contributed by atoms with Crippen molar-refractivity contribution < 1.29 is 19.1 Å². The normalized spacial score (nSPS) is 20.3. The highest BCUT2D eigenvalue weighted by Crippen LogP contribution is 2.43. The molecule has 2 aliphatic rings. The zero-order chi connectivity index (χ0) is 17.7. The molecule has 2 unspecified atom stereocenters. The summed E-state index contributed by atoms with van der Waals surface area (Å²) in [4.78, 5) is 24.4. The first-order chi connectivity index (χ1) is 12.7. The van der Waals surface area contributed by atoms with Crippen molar-refractivity contribution in [3.05, 3.63) is 106 Å². The van der Waals surface area contributed by atoms with Crippen LogP contribution in [0, 0.1) is 0 Å². The Morgan fingerprint density at radius 1 is 0.500 bits per heavy atom. The SMILES string of the molecule is O=C1OC(c2ccccc2C2OC(=O)c3ccccc32)c2ccccc21. The Balaban J connectivity index is 1.65. The summed E-state index contributed by atoms with van der Waals surface area (Å²) in [5.41, 5.74) is 4.50.